The van der Waals surface area contributed by atoms with E-state index in [4.69, 9.17) is 4.74 Å². The van der Waals surface area contributed by atoms with Gasteiger partial charge in [-0.25, -0.2) is 0 Å². The predicted molar refractivity (Wildman–Crippen MR) is 110 cm³/mol. The van der Waals surface area contributed by atoms with Crippen molar-refractivity contribution in [1.82, 2.24) is 15.1 Å². The first kappa shape index (κ1) is 20.3. The van der Waals surface area contributed by atoms with Gasteiger partial charge in [0.2, 0.25) is 0 Å². The highest BCUT2D eigenvalue weighted by Gasteiger charge is 2.26. The van der Waals surface area contributed by atoms with Gasteiger partial charge in [0.25, 0.3) is 0 Å². The normalized spacial score (nSPS) is 16.3. The molecule has 1 heterocycles. The Morgan fingerprint density at radius 1 is 1.38 bits per heavy atom. The van der Waals surface area contributed by atoms with Gasteiger partial charge in [-0.3, -0.25) is 9.89 Å². The first-order chi connectivity index (χ1) is 12.7. The Morgan fingerprint density at radius 3 is 2.77 bits per heavy atom. The van der Waals surface area contributed by atoms with Crippen LogP contribution in [0.4, 0.5) is 0 Å². The Bertz CT molecular complexity index is 581. The third-order valence-corrected chi connectivity index (χ3v) is 5.01. The summed E-state index contributed by atoms with van der Waals surface area (Å²) in [4.78, 5) is 9.20. The number of aliphatic imine (C=N–C) groups is 1. The van der Waals surface area contributed by atoms with Crippen LogP contribution in [0.1, 0.15) is 37.3 Å². The molecule has 1 fully saturated rings. The Balaban J connectivity index is 2.08. The van der Waals surface area contributed by atoms with Crippen molar-refractivity contribution < 1.29 is 4.74 Å². The number of hydrogen-bond acceptors (Lipinski definition) is 3. The van der Waals surface area contributed by atoms with Crippen molar-refractivity contribution in [2.24, 2.45) is 4.99 Å². The standard InChI is InChI=1S/C21H34N4O/c1-5-6-9-14-24(3)21(22-2)23-17-19(25-15-10-11-16-25)18-12-7-8-13-20(18)26-4/h5,7-8,12-13,19H,1,6,9-11,14-17H2,2-4H3,(H,22,23). The average molecular weight is 359 g/mol. The molecule has 0 aromatic heterocycles. The van der Waals surface area contributed by atoms with Gasteiger partial charge in [0, 0.05) is 32.7 Å². The summed E-state index contributed by atoms with van der Waals surface area (Å²) in [6.45, 7) is 7.85. The fraction of sp³-hybridized carbons (Fsp3) is 0.571. The predicted octanol–water partition coefficient (Wildman–Crippen LogP) is 3.31. The van der Waals surface area contributed by atoms with Crippen molar-refractivity contribution in [3.05, 3.63) is 42.5 Å². The van der Waals surface area contributed by atoms with Gasteiger partial charge in [-0.1, -0.05) is 24.3 Å². The van der Waals surface area contributed by atoms with E-state index in [1.54, 1.807) is 7.11 Å². The molecule has 0 saturated carbocycles. The van der Waals surface area contributed by atoms with Crippen molar-refractivity contribution >= 4 is 5.96 Å². The number of methoxy groups -OCH3 is 1. The molecule has 26 heavy (non-hydrogen) atoms. The summed E-state index contributed by atoms with van der Waals surface area (Å²) < 4.78 is 5.63. The van der Waals surface area contributed by atoms with Gasteiger partial charge in [0.1, 0.15) is 5.75 Å². The number of hydrogen-bond donors (Lipinski definition) is 1. The zero-order valence-corrected chi connectivity index (χ0v) is 16.6. The summed E-state index contributed by atoms with van der Waals surface area (Å²) in [5, 5.41) is 3.58. The molecule has 144 valence electrons. The minimum Gasteiger partial charge on any atom is -0.496 e. The van der Waals surface area contributed by atoms with E-state index in [0.29, 0.717) is 0 Å². The van der Waals surface area contributed by atoms with Crippen LogP contribution >= 0.6 is 0 Å². The molecule has 0 spiro atoms. The van der Waals surface area contributed by atoms with E-state index in [1.165, 1.54) is 18.4 Å². The van der Waals surface area contributed by atoms with Crippen molar-refractivity contribution in [2.45, 2.75) is 31.7 Å². The molecular weight excluding hydrogens is 324 g/mol. The van der Waals surface area contributed by atoms with Gasteiger partial charge >= 0.3 is 0 Å². The molecule has 1 aliphatic rings. The fourth-order valence-corrected chi connectivity index (χ4v) is 3.58. The first-order valence-corrected chi connectivity index (χ1v) is 9.61. The lowest BCUT2D eigenvalue weighted by Crippen LogP contribution is -2.43. The number of ether oxygens (including phenoxy) is 1. The van der Waals surface area contributed by atoms with Gasteiger partial charge in [-0.15, -0.1) is 6.58 Å². The summed E-state index contributed by atoms with van der Waals surface area (Å²) in [6, 6.07) is 8.64. The summed E-state index contributed by atoms with van der Waals surface area (Å²) in [7, 11) is 5.69. The van der Waals surface area contributed by atoms with E-state index < -0.39 is 0 Å². The second-order valence-electron chi connectivity index (χ2n) is 6.78. The second-order valence-corrected chi connectivity index (χ2v) is 6.78. The van der Waals surface area contributed by atoms with Crippen LogP contribution in [0.3, 0.4) is 0 Å². The number of allylic oxidation sites excluding steroid dienone is 1. The Kier molecular flexibility index (Phi) is 8.48. The van der Waals surface area contributed by atoms with Gasteiger partial charge < -0.3 is 15.0 Å². The summed E-state index contributed by atoms with van der Waals surface area (Å²) in [6.07, 6.45) is 6.61. The number of rotatable bonds is 9. The van der Waals surface area contributed by atoms with Crippen LogP contribution < -0.4 is 10.1 Å². The van der Waals surface area contributed by atoms with E-state index in [0.717, 1.165) is 50.7 Å². The molecule has 2 rings (SSSR count). The highest BCUT2D eigenvalue weighted by molar-refractivity contribution is 5.79. The van der Waals surface area contributed by atoms with Crippen LogP contribution in [0.15, 0.2) is 41.9 Å². The second kappa shape index (κ2) is 10.9. The third-order valence-electron chi connectivity index (χ3n) is 5.01. The molecule has 1 aromatic rings. The lowest BCUT2D eigenvalue weighted by atomic mass is 10.0. The summed E-state index contributed by atoms with van der Waals surface area (Å²) in [5.41, 5.74) is 1.24. The van der Waals surface area contributed by atoms with Crippen molar-refractivity contribution in [3.63, 3.8) is 0 Å². The maximum absolute atomic E-state index is 5.63. The molecule has 0 amide bonds. The number of nitrogens with one attached hydrogen (secondary N) is 1. The maximum atomic E-state index is 5.63. The quantitative estimate of drug-likeness (QED) is 0.318. The highest BCUT2D eigenvalue weighted by Crippen LogP contribution is 2.31. The molecular formula is C21H34N4O. The molecule has 0 radical (unpaired) electrons. The molecule has 5 heteroatoms. The molecule has 1 aliphatic heterocycles. The zero-order valence-electron chi connectivity index (χ0n) is 16.6. The minimum atomic E-state index is 0.284. The van der Waals surface area contributed by atoms with E-state index in [1.807, 2.05) is 19.2 Å². The van der Waals surface area contributed by atoms with E-state index in [-0.39, 0.29) is 6.04 Å². The van der Waals surface area contributed by atoms with E-state index >= 15 is 0 Å². The van der Waals surface area contributed by atoms with Crippen molar-refractivity contribution in [3.8, 4) is 5.75 Å². The molecule has 1 atom stereocenters. The van der Waals surface area contributed by atoms with Crippen LogP contribution in [-0.4, -0.2) is 63.1 Å². The van der Waals surface area contributed by atoms with Gasteiger partial charge in [0.15, 0.2) is 5.96 Å². The number of unbranched alkanes of at least 4 members (excludes halogenated alkanes) is 1. The Labute approximate surface area is 158 Å². The monoisotopic (exact) mass is 358 g/mol. The molecule has 1 saturated heterocycles. The summed E-state index contributed by atoms with van der Waals surface area (Å²) >= 11 is 0. The van der Waals surface area contributed by atoms with E-state index in [2.05, 4.69) is 51.9 Å². The van der Waals surface area contributed by atoms with Crippen molar-refractivity contribution in [1.29, 1.82) is 0 Å². The molecule has 1 aromatic carbocycles. The van der Waals surface area contributed by atoms with Gasteiger partial charge in [-0.2, -0.15) is 0 Å². The van der Waals surface area contributed by atoms with Crippen LogP contribution in [0, 0.1) is 0 Å². The smallest absolute Gasteiger partial charge is 0.193 e. The molecule has 1 unspecified atom stereocenters. The lowest BCUT2D eigenvalue weighted by molar-refractivity contribution is 0.238. The molecule has 0 aliphatic carbocycles. The SMILES string of the molecule is C=CCCCN(C)C(=NC)NCC(c1ccccc1OC)N1CCCC1. The molecule has 1 N–H and O–H groups in total. The Morgan fingerprint density at radius 2 is 2.12 bits per heavy atom. The lowest BCUT2D eigenvalue weighted by Gasteiger charge is -2.31. The fourth-order valence-electron chi connectivity index (χ4n) is 3.58. The number of para-hydroxylation sites is 1. The molecule has 0 bridgehead atoms. The highest BCUT2D eigenvalue weighted by atomic mass is 16.5. The average Bonchev–Trinajstić information content (AvgIpc) is 3.20. The number of likely N-dealkylation sites (tertiary alicyclic amines) is 1. The number of nitrogens with zero attached hydrogens (tertiary/aromatic N) is 3. The number of guanidine groups is 1. The van der Waals surface area contributed by atoms with Crippen LogP contribution in [0.25, 0.3) is 0 Å². The Hall–Kier alpha value is -2.01. The van der Waals surface area contributed by atoms with Crippen LogP contribution in [-0.2, 0) is 0 Å². The van der Waals surface area contributed by atoms with Crippen molar-refractivity contribution in [2.75, 3.05) is 47.4 Å². The summed E-state index contributed by atoms with van der Waals surface area (Å²) in [5.74, 6) is 1.90. The minimum absolute atomic E-state index is 0.284. The van der Waals surface area contributed by atoms with E-state index in [9.17, 15) is 0 Å². The van der Waals surface area contributed by atoms with Crippen LogP contribution in [0.2, 0.25) is 0 Å². The topological polar surface area (TPSA) is 40.1 Å². The van der Waals surface area contributed by atoms with Crippen LogP contribution in [0.5, 0.6) is 5.75 Å². The first-order valence-electron chi connectivity index (χ1n) is 9.61. The maximum Gasteiger partial charge on any atom is 0.193 e. The van der Waals surface area contributed by atoms with Gasteiger partial charge in [0.05, 0.1) is 13.2 Å². The zero-order chi connectivity index (χ0) is 18.8. The largest absolute Gasteiger partial charge is 0.496 e. The molecule has 5 nitrogen and oxygen atoms in total. The third kappa shape index (κ3) is 5.49. The number of benzene rings is 1. The van der Waals surface area contributed by atoms with Gasteiger partial charge in [-0.05, 0) is 44.8 Å².